The maximum atomic E-state index is 13.0. The van der Waals surface area contributed by atoms with Gasteiger partial charge in [0.1, 0.15) is 0 Å². The molecule has 3 rings (SSSR count). The molecule has 2 fully saturated rings. The van der Waals surface area contributed by atoms with Crippen LogP contribution >= 0.6 is 0 Å². The van der Waals surface area contributed by atoms with Gasteiger partial charge in [0, 0.05) is 5.92 Å². The van der Waals surface area contributed by atoms with Crippen molar-refractivity contribution in [2.45, 2.75) is 51.7 Å². The Labute approximate surface area is 152 Å². The molecule has 2 aliphatic rings. The molecule has 0 aromatic heterocycles. The summed E-state index contributed by atoms with van der Waals surface area (Å²) in [5.41, 5.74) is -0.0212. The zero-order valence-corrected chi connectivity index (χ0v) is 15.3. The van der Waals surface area contributed by atoms with Gasteiger partial charge in [-0.2, -0.15) is 13.2 Å². The Morgan fingerprint density at radius 2 is 2.00 bits per heavy atom. The molecule has 1 aliphatic heterocycles. The number of halogens is 3. The molecule has 1 heterocycles. The highest BCUT2D eigenvalue weighted by molar-refractivity contribution is 5.83. The first-order valence-corrected chi connectivity index (χ1v) is 9.39. The van der Waals surface area contributed by atoms with Crippen LogP contribution < -0.4 is 10.6 Å². The molecular weight excluding hydrogens is 341 g/mol. The van der Waals surface area contributed by atoms with Gasteiger partial charge in [-0.1, -0.05) is 26.0 Å². The number of hydrogen-bond donors (Lipinski definition) is 2. The van der Waals surface area contributed by atoms with Crippen LogP contribution in [0.1, 0.15) is 56.7 Å². The number of rotatable bonds is 5. The highest BCUT2D eigenvalue weighted by Crippen LogP contribution is 2.58. The predicted molar refractivity (Wildman–Crippen MR) is 94.4 cm³/mol. The van der Waals surface area contributed by atoms with Gasteiger partial charge in [0.25, 0.3) is 0 Å². The van der Waals surface area contributed by atoms with E-state index in [0.29, 0.717) is 12.0 Å². The van der Waals surface area contributed by atoms with Gasteiger partial charge in [-0.05, 0) is 67.8 Å². The second kappa shape index (κ2) is 7.22. The van der Waals surface area contributed by atoms with Crippen LogP contribution in [0.4, 0.5) is 13.2 Å². The van der Waals surface area contributed by atoms with Crippen molar-refractivity contribution in [1.29, 1.82) is 0 Å². The SMILES string of the molecule is CC(C)CC(NC(=O)C1CC12CCNCC2)c1cccc(C(F)(F)F)c1. The Hall–Kier alpha value is -1.56. The maximum absolute atomic E-state index is 13.0. The summed E-state index contributed by atoms with van der Waals surface area (Å²) in [6.07, 6.45) is -0.850. The molecule has 0 radical (unpaired) electrons. The van der Waals surface area contributed by atoms with Crippen molar-refractivity contribution in [1.82, 2.24) is 10.6 Å². The Morgan fingerprint density at radius 3 is 2.62 bits per heavy atom. The van der Waals surface area contributed by atoms with Crippen LogP contribution in [0.25, 0.3) is 0 Å². The number of nitrogens with one attached hydrogen (secondary N) is 2. The minimum Gasteiger partial charge on any atom is -0.349 e. The van der Waals surface area contributed by atoms with E-state index < -0.39 is 11.7 Å². The van der Waals surface area contributed by atoms with Crippen molar-refractivity contribution in [2.24, 2.45) is 17.3 Å². The second-order valence-corrected chi connectivity index (χ2v) is 8.18. The van der Waals surface area contributed by atoms with E-state index in [1.165, 1.54) is 12.1 Å². The molecule has 1 aliphatic carbocycles. The van der Waals surface area contributed by atoms with Gasteiger partial charge in [-0.3, -0.25) is 4.79 Å². The average molecular weight is 368 g/mol. The summed E-state index contributed by atoms with van der Waals surface area (Å²) in [4.78, 5) is 12.8. The standard InChI is InChI=1S/C20H27F3N2O/c1-13(2)10-17(14-4-3-5-15(11-14)20(21,22)23)25-18(26)16-12-19(16)6-8-24-9-7-19/h3-5,11,13,16-17,24H,6-10,12H2,1-2H3,(H,25,26). The van der Waals surface area contributed by atoms with Gasteiger partial charge < -0.3 is 10.6 Å². The van der Waals surface area contributed by atoms with E-state index >= 15 is 0 Å². The maximum Gasteiger partial charge on any atom is 0.416 e. The minimum atomic E-state index is -4.38. The predicted octanol–water partition coefficient (Wildman–Crippen LogP) is 4.30. The zero-order valence-electron chi connectivity index (χ0n) is 15.3. The van der Waals surface area contributed by atoms with E-state index in [0.717, 1.165) is 38.4 Å². The summed E-state index contributed by atoms with van der Waals surface area (Å²) in [7, 11) is 0. The third kappa shape index (κ3) is 4.22. The summed E-state index contributed by atoms with van der Waals surface area (Å²) in [5.74, 6) is 0.266. The lowest BCUT2D eigenvalue weighted by Crippen LogP contribution is -2.35. The summed E-state index contributed by atoms with van der Waals surface area (Å²) >= 11 is 0. The number of benzene rings is 1. The minimum absolute atomic E-state index is 0.00467. The quantitative estimate of drug-likeness (QED) is 0.814. The molecule has 2 unspecified atom stereocenters. The van der Waals surface area contributed by atoms with E-state index in [-0.39, 0.29) is 29.2 Å². The summed E-state index contributed by atoms with van der Waals surface area (Å²) in [6.45, 7) is 5.90. The first-order valence-electron chi connectivity index (χ1n) is 9.39. The van der Waals surface area contributed by atoms with Gasteiger partial charge in [-0.15, -0.1) is 0 Å². The van der Waals surface area contributed by atoms with Crippen molar-refractivity contribution in [3.63, 3.8) is 0 Å². The molecule has 3 nitrogen and oxygen atoms in total. The van der Waals surface area contributed by atoms with E-state index in [2.05, 4.69) is 10.6 Å². The van der Waals surface area contributed by atoms with Crippen LogP contribution in [0.2, 0.25) is 0 Å². The van der Waals surface area contributed by atoms with Crippen LogP contribution in [0.5, 0.6) is 0 Å². The van der Waals surface area contributed by atoms with Crippen molar-refractivity contribution < 1.29 is 18.0 Å². The summed E-state index contributed by atoms with van der Waals surface area (Å²) < 4.78 is 39.1. The van der Waals surface area contributed by atoms with Gasteiger partial charge in [-0.25, -0.2) is 0 Å². The third-order valence-corrected chi connectivity index (χ3v) is 5.75. The smallest absolute Gasteiger partial charge is 0.349 e. The zero-order chi connectivity index (χ0) is 18.9. The third-order valence-electron chi connectivity index (χ3n) is 5.75. The molecule has 6 heteroatoms. The van der Waals surface area contributed by atoms with Crippen molar-refractivity contribution in [2.75, 3.05) is 13.1 Å². The van der Waals surface area contributed by atoms with Gasteiger partial charge >= 0.3 is 6.18 Å². The fourth-order valence-electron chi connectivity index (χ4n) is 4.15. The average Bonchev–Trinajstić information content (AvgIpc) is 3.27. The highest BCUT2D eigenvalue weighted by Gasteiger charge is 2.57. The van der Waals surface area contributed by atoms with Crippen LogP contribution in [-0.2, 0) is 11.0 Å². The molecule has 26 heavy (non-hydrogen) atoms. The van der Waals surface area contributed by atoms with Gasteiger partial charge in [0.15, 0.2) is 0 Å². The van der Waals surface area contributed by atoms with E-state index in [9.17, 15) is 18.0 Å². The number of hydrogen-bond acceptors (Lipinski definition) is 2. The number of carbonyl (C=O) groups is 1. The largest absolute Gasteiger partial charge is 0.416 e. The second-order valence-electron chi connectivity index (χ2n) is 8.18. The Kier molecular flexibility index (Phi) is 5.33. The van der Waals surface area contributed by atoms with E-state index in [1.807, 2.05) is 13.8 Å². The van der Waals surface area contributed by atoms with Crippen molar-refractivity contribution in [3.05, 3.63) is 35.4 Å². The lowest BCUT2D eigenvalue weighted by atomic mass is 9.91. The lowest BCUT2D eigenvalue weighted by Gasteiger charge is -2.25. The summed E-state index contributed by atoms with van der Waals surface area (Å²) in [5, 5.41) is 6.36. The number of piperidine rings is 1. The molecule has 2 N–H and O–H groups in total. The van der Waals surface area contributed by atoms with E-state index in [1.54, 1.807) is 6.07 Å². The van der Waals surface area contributed by atoms with Crippen LogP contribution in [-0.4, -0.2) is 19.0 Å². The fraction of sp³-hybridized carbons (Fsp3) is 0.650. The van der Waals surface area contributed by atoms with E-state index in [4.69, 9.17) is 0 Å². The number of carbonyl (C=O) groups excluding carboxylic acids is 1. The topological polar surface area (TPSA) is 41.1 Å². The van der Waals surface area contributed by atoms with Crippen molar-refractivity contribution >= 4 is 5.91 Å². The van der Waals surface area contributed by atoms with Crippen molar-refractivity contribution in [3.8, 4) is 0 Å². The molecule has 1 spiro atoms. The molecule has 1 saturated carbocycles. The fourth-order valence-corrected chi connectivity index (χ4v) is 4.15. The monoisotopic (exact) mass is 368 g/mol. The Morgan fingerprint density at radius 1 is 1.31 bits per heavy atom. The Bertz CT molecular complexity index is 651. The Balaban J connectivity index is 1.74. The molecule has 1 saturated heterocycles. The van der Waals surface area contributed by atoms with Crippen LogP contribution in [0.15, 0.2) is 24.3 Å². The number of amides is 1. The molecule has 2 atom stereocenters. The lowest BCUT2D eigenvalue weighted by molar-refractivity contribution is -0.137. The molecule has 1 aromatic carbocycles. The first kappa shape index (κ1) is 19.2. The normalized spacial score (nSPS) is 23.1. The first-order chi connectivity index (χ1) is 12.2. The van der Waals surface area contributed by atoms with Gasteiger partial charge in [0.05, 0.1) is 11.6 Å². The van der Waals surface area contributed by atoms with Crippen LogP contribution in [0.3, 0.4) is 0 Å². The summed E-state index contributed by atoms with van der Waals surface area (Å²) in [6, 6.07) is 4.95. The number of alkyl halides is 3. The molecule has 0 bridgehead atoms. The molecular formula is C20H27F3N2O. The van der Waals surface area contributed by atoms with Crippen LogP contribution in [0, 0.1) is 17.3 Å². The molecule has 144 valence electrons. The molecule has 1 amide bonds. The highest BCUT2D eigenvalue weighted by atomic mass is 19.4. The van der Waals surface area contributed by atoms with Gasteiger partial charge in [0.2, 0.25) is 5.91 Å². The molecule has 1 aromatic rings.